The number of hydrogen-bond acceptors (Lipinski definition) is 4. The van der Waals surface area contributed by atoms with Gasteiger partial charge in [-0.05, 0) is 43.7 Å². The van der Waals surface area contributed by atoms with Crippen molar-refractivity contribution in [3.8, 4) is 0 Å². The topological polar surface area (TPSA) is 45.8 Å². The second-order valence-electron chi connectivity index (χ2n) is 7.10. The fraction of sp³-hybridized carbons (Fsp3) is 0.400. The molecule has 1 saturated heterocycles. The van der Waals surface area contributed by atoms with E-state index in [-0.39, 0.29) is 5.69 Å². The molecule has 27 heavy (non-hydrogen) atoms. The van der Waals surface area contributed by atoms with E-state index >= 15 is 0 Å². The van der Waals surface area contributed by atoms with Crippen molar-refractivity contribution in [2.24, 2.45) is 0 Å². The highest BCUT2D eigenvalue weighted by molar-refractivity contribution is 6.30. The normalized spacial score (nSPS) is 18.3. The van der Waals surface area contributed by atoms with Crippen molar-refractivity contribution in [3.05, 3.63) is 64.2 Å². The van der Waals surface area contributed by atoms with Crippen LogP contribution in [0.25, 0.3) is 5.65 Å². The van der Waals surface area contributed by atoms with Crippen LogP contribution < -0.4 is 10.6 Å². The molecule has 7 heteroatoms. The first-order valence-electron chi connectivity index (χ1n) is 9.40. The number of rotatable bonds is 5. The second-order valence-corrected chi connectivity index (χ2v) is 7.54. The first-order chi connectivity index (χ1) is 13.1. The van der Waals surface area contributed by atoms with E-state index in [1.165, 1.54) is 5.69 Å². The lowest BCUT2D eigenvalue weighted by molar-refractivity contribution is 0.183. The molecule has 0 spiro atoms. The first kappa shape index (κ1) is 18.1. The molecule has 0 N–H and O–H groups in total. The lowest BCUT2D eigenvalue weighted by Gasteiger charge is -2.41. The molecule has 1 aliphatic rings. The monoisotopic (exact) mass is 385 g/mol. The lowest BCUT2D eigenvalue weighted by Crippen LogP contribution is -2.52. The summed E-state index contributed by atoms with van der Waals surface area (Å²) in [4.78, 5) is 17.2. The van der Waals surface area contributed by atoms with E-state index in [1.54, 1.807) is 15.3 Å². The van der Waals surface area contributed by atoms with Gasteiger partial charge in [-0.15, -0.1) is 5.10 Å². The van der Waals surface area contributed by atoms with E-state index in [2.05, 4.69) is 27.9 Å². The van der Waals surface area contributed by atoms with Gasteiger partial charge in [0, 0.05) is 55.7 Å². The third-order valence-electron chi connectivity index (χ3n) is 5.24. The SMILES string of the molecule is C[C@@H]1CN(c2cccc(Cl)c2)CCN1CCCn1nc2ccccn2c1=O. The molecule has 1 aliphatic heterocycles. The quantitative estimate of drug-likeness (QED) is 0.677. The maximum atomic E-state index is 12.3. The van der Waals surface area contributed by atoms with Crippen molar-refractivity contribution >= 4 is 22.9 Å². The van der Waals surface area contributed by atoms with Crippen molar-refractivity contribution in [2.75, 3.05) is 31.1 Å². The van der Waals surface area contributed by atoms with E-state index in [0.29, 0.717) is 18.2 Å². The Balaban J connectivity index is 1.33. The number of nitrogens with zero attached hydrogens (tertiary/aromatic N) is 5. The smallest absolute Gasteiger partial charge is 0.350 e. The van der Waals surface area contributed by atoms with Gasteiger partial charge in [-0.25, -0.2) is 9.48 Å². The van der Waals surface area contributed by atoms with Crippen LogP contribution in [0.1, 0.15) is 13.3 Å². The van der Waals surface area contributed by atoms with Crippen LogP contribution in [0.4, 0.5) is 5.69 Å². The maximum absolute atomic E-state index is 12.3. The van der Waals surface area contributed by atoms with Crippen molar-refractivity contribution in [3.63, 3.8) is 0 Å². The first-order valence-corrected chi connectivity index (χ1v) is 9.78. The standard InChI is InChI=1S/C20H24ClN5O/c1-16-15-24(18-7-4-6-17(21)14-18)13-12-23(16)9-5-11-26-20(27)25-10-3-2-8-19(25)22-26/h2-4,6-8,10,14,16H,5,9,11-13,15H2,1H3/t16-/m1/s1. The average Bonchev–Trinajstić information content (AvgIpc) is 2.99. The van der Waals surface area contributed by atoms with Gasteiger partial charge < -0.3 is 4.90 Å². The zero-order valence-electron chi connectivity index (χ0n) is 15.5. The van der Waals surface area contributed by atoms with Gasteiger partial charge in [-0.3, -0.25) is 9.30 Å². The Morgan fingerprint density at radius 1 is 1.15 bits per heavy atom. The fourth-order valence-electron chi connectivity index (χ4n) is 3.77. The Kier molecular flexibility index (Phi) is 5.18. The van der Waals surface area contributed by atoms with Crippen LogP contribution in [0, 0.1) is 0 Å². The molecule has 1 fully saturated rings. The van der Waals surface area contributed by atoms with E-state index < -0.39 is 0 Å². The van der Waals surface area contributed by atoms with Crippen LogP contribution in [0.5, 0.6) is 0 Å². The molecule has 6 nitrogen and oxygen atoms in total. The summed E-state index contributed by atoms with van der Waals surface area (Å²) in [6.07, 6.45) is 2.67. The van der Waals surface area contributed by atoms with Crippen LogP contribution in [0.3, 0.4) is 0 Å². The van der Waals surface area contributed by atoms with Crippen molar-refractivity contribution in [1.29, 1.82) is 0 Å². The average molecular weight is 386 g/mol. The highest BCUT2D eigenvalue weighted by atomic mass is 35.5. The molecular formula is C20H24ClN5O. The van der Waals surface area contributed by atoms with Crippen molar-refractivity contribution < 1.29 is 0 Å². The third kappa shape index (κ3) is 3.87. The number of halogens is 1. The van der Waals surface area contributed by atoms with Gasteiger partial charge in [0.05, 0.1) is 0 Å². The second kappa shape index (κ2) is 7.74. The fourth-order valence-corrected chi connectivity index (χ4v) is 3.96. The molecule has 0 amide bonds. The van der Waals surface area contributed by atoms with E-state index in [4.69, 9.17) is 11.6 Å². The molecule has 0 unspecified atom stereocenters. The van der Waals surface area contributed by atoms with Gasteiger partial charge in [0.25, 0.3) is 0 Å². The highest BCUT2D eigenvalue weighted by Crippen LogP contribution is 2.22. The van der Waals surface area contributed by atoms with Gasteiger partial charge in [0.15, 0.2) is 5.65 Å². The minimum absolute atomic E-state index is 0.0653. The molecule has 142 valence electrons. The Morgan fingerprint density at radius 2 is 2.04 bits per heavy atom. The van der Waals surface area contributed by atoms with Gasteiger partial charge in [-0.2, -0.15) is 0 Å². The summed E-state index contributed by atoms with van der Waals surface area (Å²) in [6.45, 7) is 6.84. The summed E-state index contributed by atoms with van der Waals surface area (Å²) in [5.74, 6) is 0. The van der Waals surface area contributed by atoms with E-state index in [0.717, 1.165) is 37.6 Å². The van der Waals surface area contributed by atoms with Crippen molar-refractivity contribution in [2.45, 2.75) is 25.9 Å². The number of anilines is 1. The number of aromatic nitrogens is 3. The van der Waals surface area contributed by atoms with Crippen LogP contribution >= 0.6 is 11.6 Å². The number of benzene rings is 1. The molecule has 1 atom stereocenters. The number of aryl methyl sites for hydroxylation is 1. The third-order valence-corrected chi connectivity index (χ3v) is 5.48. The maximum Gasteiger partial charge on any atom is 0.350 e. The summed E-state index contributed by atoms with van der Waals surface area (Å²) in [5.41, 5.74) is 1.82. The van der Waals surface area contributed by atoms with E-state index in [1.807, 2.05) is 36.4 Å². The van der Waals surface area contributed by atoms with Gasteiger partial charge in [0.1, 0.15) is 0 Å². The predicted octanol–water partition coefficient (Wildman–Crippen LogP) is 2.75. The number of piperazine rings is 1. The Labute approximate surface area is 163 Å². The summed E-state index contributed by atoms with van der Waals surface area (Å²) in [6, 6.07) is 14.1. The minimum atomic E-state index is -0.0653. The molecule has 4 rings (SSSR count). The van der Waals surface area contributed by atoms with Crippen LogP contribution in [-0.4, -0.2) is 51.3 Å². The molecule has 0 radical (unpaired) electrons. The zero-order chi connectivity index (χ0) is 18.8. The van der Waals surface area contributed by atoms with Crippen LogP contribution in [0.15, 0.2) is 53.5 Å². The molecule has 3 heterocycles. The molecule has 0 bridgehead atoms. The van der Waals surface area contributed by atoms with Gasteiger partial charge in [-0.1, -0.05) is 23.7 Å². The van der Waals surface area contributed by atoms with Crippen LogP contribution in [0.2, 0.25) is 5.02 Å². The molecule has 2 aromatic heterocycles. The number of hydrogen-bond donors (Lipinski definition) is 0. The lowest BCUT2D eigenvalue weighted by atomic mass is 10.1. The van der Waals surface area contributed by atoms with Gasteiger partial charge in [0.2, 0.25) is 0 Å². The summed E-state index contributed by atoms with van der Waals surface area (Å²) >= 11 is 6.13. The number of pyridine rings is 1. The van der Waals surface area contributed by atoms with Crippen molar-refractivity contribution in [1.82, 2.24) is 19.1 Å². The zero-order valence-corrected chi connectivity index (χ0v) is 16.2. The number of fused-ring (bicyclic) bond motifs is 1. The molecule has 3 aromatic rings. The molecule has 0 saturated carbocycles. The molecular weight excluding hydrogens is 362 g/mol. The summed E-state index contributed by atoms with van der Waals surface area (Å²) in [7, 11) is 0. The largest absolute Gasteiger partial charge is 0.369 e. The highest BCUT2D eigenvalue weighted by Gasteiger charge is 2.23. The minimum Gasteiger partial charge on any atom is -0.369 e. The van der Waals surface area contributed by atoms with Crippen LogP contribution in [-0.2, 0) is 6.54 Å². The van der Waals surface area contributed by atoms with Gasteiger partial charge >= 0.3 is 5.69 Å². The molecule has 0 aliphatic carbocycles. The Bertz CT molecular complexity index is 982. The summed E-state index contributed by atoms with van der Waals surface area (Å²) < 4.78 is 3.16. The van der Waals surface area contributed by atoms with E-state index in [9.17, 15) is 4.79 Å². The summed E-state index contributed by atoms with van der Waals surface area (Å²) in [5, 5.41) is 5.18. The Morgan fingerprint density at radius 3 is 2.81 bits per heavy atom. The molecule has 1 aromatic carbocycles. The Hall–Kier alpha value is -2.31. The predicted molar refractivity (Wildman–Crippen MR) is 109 cm³/mol.